The molecule has 6 rings (SSSR count). The van der Waals surface area contributed by atoms with E-state index in [-0.39, 0.29) is 24.8 Å². The second-order valence-electron chi connectivity index (χ2n) is 14.1. The van der Waals surface area contributed by atoms with Gasteiger partial charge in [0.25, 0.3) is 0 Å². The average molecular weight is 645 g/mol. The fourth-order valence-electron chi connectivity index (χ4n) is 8.73. The number of hydrogen-bond acceptors (Lipinski definition) is 6. The summed E-state index contributed by atoms with van der Waals surface area (Å²) in [6, 6.07) is 15.2. The number of piperazine rings is 1. The van der Waals surface area contributed by atoms with E-state index in [0.29, 0.717) is 19.1 Å². The van der Waals surface area contributed by atoms with E-state index in [1.54, 1.807) is 0 Å². The van der Waals surface area contributed by atoms with Crippen molar-refractivity contribution in [3.8, 4) is 0 Å². The molecule has 9 nitrogen and oxygen atoms in total. The maximum Gasteiger partial charge on any atom is 0.411 e. The highest BCUT2D eigenvalue weighted by Gasteiger charge is 2.51. The summed E-state index contributed by atoms with van der Waals surface area (Å²) < 4.78 is 6.13. The van der Waals surface area contributed by atoms with Crippen molar-refractivity contribution in [2.24, 2.45) is 0 Å². The van der Waals surface area contributed by atoms with Gasteiger partial charge in [-0.1, -0.05) is 57.2 Å². The number of anilines is 1. The van der Waals surface area contributed by atoms with Crippen molar-refractivity contribution in [3.05, 3.63) is 64.7 Å². The van der Waals surface area contributed by atoms with Crippen LogP contribution in [0.3, 0.4) is 0 Å². The molecule has 2 atom stereocenters. The molecule has 2 aromatic rings. The van der Waals surface area contributed by atoms with Crippen LogP contribution in [0, 0.1) is 0 Å². The van der Waals surface area contributed by atoms with Gasteiger partial charge < -0.3 is 19.9 Å². The van der Waals surface area contributed by atoms with Crippen LogP contribution in [0.15, 0.2) is 42.5 Å². The fraction of sp³-hybridized carbons (Fsp3) is 0.632. The molecule has 0 bridgehead atoms. The number of para-hydroxylation sites is 1. The molecule has 2 aromatic carbocycles. The maximum atomic E-state index is 14.1. The zero-order valence-electron chi connectivity index (χ0n) is 29.2. The van der Waals surface area contributed by atoms with Gasteiger partial charge in [-0.25, -0.2) is 9.59 Å². The number of piperidine rings is 2. The minimum absolute atomic E-state index is 0.0321. The van der Waals surface area contributed by atoms with Crippen molar-refractivity contribution in [2.45, 2.75) is 96.5 Å². The minimum Gasteiger partial charge on any atom is -0.445 e. The molecule has 0 saturated carbocycles. The zero-order valence-corrected chi connectivity index (χ0v) is 29.2. The summed E-state index contributed by atoms with van der Waals surface area (Å²) in [4.78, 5) is 39.5. The Kier molecular flexibility index (Phi) is 10.7. The molecule has 4 heterocycles. The summed E-state index contributed by atoms with van der Waals surface area (Å²) in [5.74, 6) is 0. The average Bonchev–Trinajstić information content (AvgIpc) is 3.28. The number of amides is 3. The van der Waals surface area contributed by atoms with E-state index in [1.165, 1.54) is 29.5 Å². The van der Waals surface area contributed by atoms with Crippen molar-refractivity contribution in [2.75, 3.05) is 64.7 Å². The number of benzene rings is 2. The van der Waals surface area contributed by atoms with Gasteiger partial charge in [-0.15, -0.1) is 0 Å². The molecule has 4 aliphatic heterocycles. The third kappa shape index (κ3) is 7.18. The Morgan fingerprint density at radius 2 is 1.60 bits per heavy atom. The second kappa shape index (κ2) is 15.0. The quantitative estimate of drug-likeness (QED) is 0.391. The molecule has 9 heteroatoms. The Labute approximate surface area is 282 Å². The van der Waals surface area contributed by atoms with Gasteiger partial charge in [0, 0.05) is 63.5 Å². The van der Waals surface area contributed by atoms with E-state index in [0.717, 1.165) is 89.0 Å². The van der Waals surface area contributed by atoms with Crippen molar-refractivity contribution < 1.29 is 14.3 Å². The topological polar surface area (TPSA) is 71.6 Å². The summed E-state index contributed by atoms with van der Waals surface area (Å²) in [6.07, 6.45) is 7.25. The SMILES string of the molecule is CCc1ccc(COC(=O)N2CCC(N3CCc4ccccc4NC3=O)C[C@]2(CC)N2CCN(C3CCN(C)CC3)CC2)cc1CC. The number of rotatable bonds is 8. The first-order valence-corrected chi connectivity index (χ1v) is 18.2. The Morgan fingerprint density at radius 3 is 2.32 bits per heavy atom. The number of fused-ring (bicyclic) bond motifs is 1. The first-order chi connectivity index (χ1) is 22.8. The van der Waals surface area contributed by atoms with E-state index < -0.39 is 5.66 Å². The Hall–Kier alpha value is -3.14. The Morgan fingerprint density at radius 1 is 0.872 bits per heavy atom. The van der Waals surface area contributed by atoms with Gasteiger partial charge in [0.15, 0.2) is 0 Å². The number of nitrogens with zero attached hydrogens (tertiary/aromatic N) is 5. The lowest BCUT2D eigenvalue weighted by molar-refractivity contribution is -0.113. The smallest absolute Gasteiger partial charge is 0.411 e. The van der Waals surface area contributed by atoms with Gasteiger partial charge in [0.05, 0.1) is 0 Å². The summed E-state index contributed by atoms with van der Waals surface area (Å²) in [7, 11) is 2.22. The Bertz CT molecular complexity index is 1390. The van der Waals surface area contributed by atoms with E-state index >= 15 is 0 Å². The van der Waals surface area contributed by atoms with Crippen LogP contribution in [0.25, 0.3) is 0 Å². The molecule has 47 heavy (non-hydrogen) atoms. The van der Waals surface area contributed by atoms with Gasteiger partial charge >= 0.3 is 12.1 Å². The monoisotopic (exact) mass is 644 g/mol. The maximum absolute atomic E-state index is 14.1. The molecule has 0 radical (unpaired) electrons. The summed E-state index contributed by atoms with van der Waals surface area (Å²) in [6.45, 7) is 14.2. The van der Waals surface area contributed by atoms with Crippen LogP contribution in [0.2, 0.25) is 0 Å². The van der Waals surface area contributed by atoms with E-state index in [4.69, 9.17) is 4.74 Å². The van der Waals surface area contributed by atoms with Gasteiger partial charge in [-0.05, 0) is 93.4 Å². The van der Waals surface area contributed by atoms with Crippen molar-refractivity contribution in [1.29, 1.82) is 0 Å². The van der Waals surface area contributed by atoms with Gasteiger partial charge in [-0.3, -0.25) is 14.7 Å². The predicted octanol–water partition coefficient (Wildman–Crippen LogP) is 5.82. The third-order valence-corrected chi connectivity index (χ3v) is 11.6. The number of hydrogen-bond donors (Lipinski definition) is 1. The lowest BCUT2D eigenvalue weighted by Gasteiger charge is -2.57. The highest BCUT2D eigenvalue weighted by atomic mass is 16.6. The van der Waals surface area contributed by atoms with Gasteiger partial charge in [0.1, 0.15) is 12.3 Å². The minimum atomic E-state index is -0.515. The number of likely N-dealkylation sites (tertiary alicyclic amines) is 2. The van der Waals surface area contributed by atoms with Crippen LogP contribution in [-0.2, 0) is 30.6 Å². The second-order valence-corrected chi connectivity index (χ2v) is 14.1. The molecular weight excluding hydrogens is 588 g/mol. The van der Waals surface area contributed by atoms with Crippen molar-refractivity contribution in [1.82, 2.24) is 24.5 Å². The first kappa shape index (κ1) is 33.7. The van der Waals surface area contributed by atoms with Gasteiger partial charge in [0.2, 0.25) is 0 Å². The van der Waals surface area contributed by atoms with E-state index in [2.05, 4.69) is 72.1 Å². The molecule has 3 fully saturated rings. The molecule has 3 saturated heterocycles. The van der Waals surface area contributed by atoms with Crippen LogP contribution >= 0.6 is 0 Å². The zero-order chi connectivity index (χ0) is 33.0. The van der Waals surface area contributed by atoms with E-state index in [9.17, 15) is 9.59 Å². The van der Waals surface area contributed by atoms with E-state index in [1.807, 2.05) is 28.0 Å². The summed E-state index contributed by atoms with van der Waals surface area (Å²) >= 11 is 0. The van der Waals surface area contributed by atoms with Crippen LogP contribution in [0.4, 0.5) is 15.3 Å². The number of urea groups is 1. The number of ether oxygens (including phenoxy) is 1. The Balaban J connectivity index is 1.21. The molecule has 256 valence electrons. The van der Waals surface area contributed by atoms with Crippen LogP contribution in [-0.4, -0.2) is 114 Å². The van der Waals surface area contributed by atoms with Crippen LogP contribution in [0.5, 0.6) is 0 Å². The first-order valence-electron chi connectivity index (χ1n) is 18.2. The molecular formula is C38H56N6O3. The number of aryl methyl sites for hydroxylation is 2. The lowest BCUT2D eigenvalue weighted by atomic mass is 9.86. The van der Waals surface area contributed by atoms with Crippen LogP contribution < -0.4 is 5.32 Å². The number of carbonyl (C=O) groups excluding carboxylic acids is 2. The van der Waals surface area contributed by atoms with Gasteiger partial charge in [-0.2, -0.15) is 0 Å². The predicted molar refractivity (Wildman–Crippen MR) is 188 cm³/mol. The third-order valence-electron chi connectivity index (χ3n) is 11.6. The normalized spacial score (nSPS) is 25.3. The molecule has 1 unspecified atom stereocenters. The van der Waals surface area contributed by atoms with Crippen LogP contribution in [0.1, 0.15) is 75.1 Å². The highest BCUT2D eigenvalue weighted by molar-refractivity contribution is 5.91. The largest absolute Gasteiger partial charge is 0.445 e. The molecule has 0 spiro atoms. The molecule has 1 N–H and O–H groups in total. The van der Waals surface area contributed by atoms with Crippen molar-refractivity contribution in [3.63, 3.8) is 0 Å². The summed E-state index contributed by atoms with van der Waals surface area (Å²) in [5.41, 5.74) is 5.29. The number of carbonyl (C=O) groups is 2. The lowest BCUT2D eigenvalue weighted by Crippen LogP contribution is -2.70. The number of nitrogens with one attached hydrogen (secondary N) is 1. The van der Waals surface area contributed by atoms with Crippen molar-refractivity contribution >= 4 is 17.8 Å². The molecule has 0 aromatic heterocycles. The molecule has 0 aliphatic carbocycles. The summed E-state index contributed by atoms with van der Waals surface area (Å²) in [5, 5.41) is 3.19. The highest BCUT2D eigenvalue weighted by Crippen LogP contribution is 2.39. The fourth-order valence-corrected chi connectivity index (χ4v) is 8.73. The molecule has 4 aliphatic rings. The molecule has 3 amide bonds. The standard InChI is InChI=1S/C38H56N6O3/c1-5-30-13-12-29(26-31(30)6-2)28-47-37(46)44-21-17-34(43-20-14-32-10-8-9-11-35(32)39-36(43)45)27-38(44,7-3)42-24-22-41(23-25-42)33-15-18-40(4)19-16-33/h8-13,26,33-34H,5-7,14-25,27-28H2,1-4H3,(H,39,45)/t34?,38-/m1/s1.